The quantitative estimate of drug-likeness (QED) is 0.487. The van der Waals surface area contributed by atoms with E-state index in [1.165, 1.54) is 22.9 Å². The minimum atomic E-state index is -0.461. The fourth-order valence-electron chi connectivity index (χ4n) is 4.00. The predicted molar refractivity (Wildman–Crippen MR) is 119 cm³/mol. The number of aromatic nitrogens is 4. The van der Waals surface area contributed by atoms with E-state index in [9.17, 15) is 14.0 Å². The first-order valence-corrected chi connectivity index (χ1v) is 10.3. The van der Waals surface area contributed by atoms with Crippen LogP contribution in [0.3, 0.4) is 0 Å². The highest BCUT2D eigenvalue weighted by Crippen LogP contribution is 2.20. The number of carbonyl (C=O) groups is 1. The van der Waals surface area contributed by atoms with Crippen molar-refractivity contribution in [2.24, 2.45) is 7.05 Å². The summed E-state index contributed by atoms with van der Waals surface area (Å²) >= 11 is 0. The molecule has 162 valence electrons. The van der Waals surface area contributed by atoms with Crippen LogP contribution in [0.5, 0.6) is 0 Å². The van der Waals surface area contributed by atoms with Gasteiger partial charge in [0.25, 0.3) is 0 Å². The molecule has 9 heteroatoms. The van der Waals surface area contributed by atoms with Gasteiger partial charge in [-0.05, 0) is 18.2 Å². The van der Waals surface area contributed by atoms with Crippen molar-refractivity contribution < 1.29 is 9.18 Å². The number of piperazine rings is 1. The Labute approximate surface area is 183 Å². The van der Waals surface area contributed by atoms with E-state index in [1.807, 2.05) is 41.3 Å². The van der Waals surface area contributed by atoms with Gasteiger partial charge >= 0.3 is 11.7 Å². The van der Waals surface area contributed by atoms with Gasteiger partial charge in [0.2, 0.25) is 0 Å². The molecule has 0 N–H and O–H groups in total. The van der Waals surface area contributed by atoms with Gasteiger partial charge in [0.05, 0.1) is 6.20 Å². The average Bonchev–Trinajstić information content (AvgIpc) is 3.09. The lowest BCUT2D eigenvalue weighted by Crippen LogP contribution is -2.51. The minimum Gasteiger partial charge on any atom is -0.368 e. The molecule has 0 saturated carbocycles. The Kier molecular flexibility index (Phi) is 4.93. The topological polar surface area (TPSA) is 76.3 Å². The maximum absolute atomic E-state index is 13.5. The van der Waals surface area contributed by atoms with Crippen molar-refractivity contribution in [3.8, 4) is 11.4 Å². The number of amides is 1. The maximum atomic E-state index is 13.5. The van der Waals surface area contributed by atoms with E-state index in [0.29, 0.717) is 43.2 Å². The number of anilines is 1. The summed E-state index contributed by atoms with van der Waals surface area (Å²) < 4.78 is 16.0. The lowest BCUT2D eigenvalue weighted by Gasteiger charge is -2.35. The third-order valence-corrected chi connectivity index (χ3v) is 5.73. The van der Waals surface area contributed by atoms with Crippen LogP contribution in [0, 0.1) is 5.82 Å². The molecular weight excluding hydrogens is 411 g/mol. The maximum Gasteiger partial charge on any atom is 0.338 e. The van der Waals surface area contributed by atoms with Gasteiger partial charge in [-0.3, -0.25) is 4.57 Å². The van der Waals surface area contributed by atoms with Crippen molar-refractivity contribution in [3.63, 3.8) is 0 Å². The van der Waals surface area contributed by atoms with Gasteiger partial charge in [-0.25, -0.2) is 28.5 Å². The van der Waals surface area contributed by atoms with E-state index >= 15 is 0 Å². The molecule has 0 bridgehead atoms. The first-order valence-electron chi connectivity index (χ1n) is 10.3. The summed E-state index contributed by atoms with van der Waals surface area (Å²) in [6.07, 6.45) is 1.52. The van der Waals surface area contributed by atoms with Crippen molar-refractivity contribution in [2.45, 2.75) is 0 Å². The summed E-state index contributed by atoms with van der Waals surface area (Å²) in [4.78, 5) is 38.7. The molecule has 2 aromatic heterocycles. The fraction of sp³-hybridized carbons (Fsp3) is 0.217. The molecule has 1 saturated heterocycles. The lowest BCUT2D eigenvalue weighted by atomic mass is 10.2. The van der Waals surface area contributed by atoms with E-state index in [2.05, 4.69) is 9.97 Å². The van der Waals surface area contributed by atoms with Crippen LogP contribution in [-0.2, 0) is 7.05 Å². The summed E-state index contributed by atoms with van der Waals surface area (Å²) in [5, 5.41) is 0. The van der Waals surface area contributed by atoms with Gasteiger partial charge in [-0.15, -0.1) is 0 Å². The minimum absolute atomic E-state index is 0.293. The number of hydrogen-bond donors (Lipinski definition) is 0. The van der Waals surface area contributed by atoms with E-state index in [-0.39, 0.29) is 5.82 Å². The normalized spacial score (nSPS) is 14.2. The van der Waals surface area contributed by atoms with Crippen LogP contribution >= 0.6 is 0 Å². The Morgan fingerprint density at radius 3 is 2.47 bits per heavy atom. The Morgan fingerprint density at radius 2 is 1.75 bits per heavy atom. The molecule has 0 radical (unpaired) electrons. The summed E-state index contributed by atoms with van der Waals surface area (Å²) in [6, 6.07) is 15.4. The van der Waals surface area contributed by atoms with E-state index in [1.54, 1.807) is 18.0 Å². The van der Waals surface area contributed by atoms with Crippen LogP contribution in [0.15, 0.2) is 65.6 Å². The fourth-order valence-corrected chi connectivity index (χ4v) is 4.00. The molecule has 2 aromatic carbocycles. The molecule has 0 atom stereocenters. The molecule has 1 aliphatic heterocycles. The third-order valence-electron chi connectivity index (χ3n) is 5.73. The van der Waals surface area contributed by atoms with Gasteiger partial charge in [-0.1, -0.05) is 36.4 Å². The number of hydrogen-bond acceptors (Lipinski definition) is 5. The van der Waals surface area contributed by atoms with Crippen molar-refractivity contribution >= 4 is 22.9 Å². The molecule has 1 amide bonds. The highest BCUT2D eigenvalue weighted by Gasteiger charge is 2.27. The molecule has 32 heavy (non-hydrogen) atoms. The summed E-state index contributed by atoms with van der Waals surface area (Å²) in [5.74, 6) is 0.195. The first kappa shape index (κ1) is 19.9. The van der Waals surface area contributed by atoms with Crippen LogP contribution in [0.2, 0.25) is 0 Å². The second-order valence-electron chi connectivity index (χ2n) is 7.68. The van der Waals surface area contributed by atoms with Gasteiger partial charge < -0.3 is 9.80 Å². The molecule has 5 rings (SSSR count). The molecule has 0 aliphatic carbocycles. The van der Waals surface area contributed by atoms with Crippen molar-refractivity contribution in [1.82, 2.24) is 24.0 Å². The lowest BCUT2D eigenvalue weighted by molar-refractivity contribution is 0.196. The Hall–Kier alpha value is -4.01. The number of nitrogens with zero attached hydrogens (tertiary/aromatic N) is 6. The monoisotopic (exact) mass is 432 g/mol. The first-order chi connectivity index (χ1) is 15.5. The summed E-state index contributed by atoms with van der Waals surface area (Å²) in [7, 11) is 1.60. The van der Waals surface area contributed by atoms with Crippen molar-refractivity contribution in [3.05, 3.63) is 77.1 Å². The van der Waals surface area contributed by atoms with Crippen LogP contribution < -0.4 is 10.6 Å². The van der Waals surface area contributed by atoms with E-state index in [0.717, 1.165) is 15.8 Å². The second kappa shape index (κ2) is 7.92. The summed E-state index contributed by atoms with van der Waals surface area (Å²) in [5.41, 5.74) is 1.91. The zero-order valence-electron chi connectivity index (χ0n) is 17.5. The Bertz CT molecular complexity index is 1360. The molecule has 1 fully saturated rings. The SMILES string of the molecule is Cn1c(=O)n(C(=O)N2CCN(c3cccc(F)c3)CC2)c2cnc(-c3ccccc3)nc21. The molecular formula is C23H21FN6O2. The van der Waals surface area contributed by atoms with Crippen LogP contribution in [0.25, 0.3) is 22.6 Å². The third kappa shape index (κ3) is 3.41. The van der Waals surface area contributed by atoms with Crippen molar-refractivity contribution in [1.29, 1.82) is 0 Å². The summed E-state index contributed by atoms with van der Waals surface area (Å²) in [6.45, 7) is 1.93. The zero-order valence-corrected chi connectivity index (χ0v) is 17.5. The van der Waals surface area contributed by atoms with Crippen molar-refractivity contribution in [2.75, 3.05) is 31.1 Å². The van der Waals surface area contributed by atoms with Crippen LogP contribution in [0.4, 0.5) is 14.9 Å². The van der Waals surface area contributed by atoms with Gasteiger partial charge in [0.1, 0.15) is 11.3 Å². The number of fused-ring (bicyclic) bond motifs is 1. The Balaban J connectivity index is 1.42. The predicted octanol–water partition coefficient (Wildman–Crippen LogP) is 2.73. The van der Waals surface area contributed by atoms with Gasteiger partial charge in [0, 0.05) is 44.5 Å². The molecule has 8 nitrogen and oxygen atoms in total. The number of halogens is 1. The van der Waals surface area contributed by atoms with E-state index < -0.39 is 11.7 Å². The highest BCUT2D eigenvalue weighted by molar-refractivity contribution is 5.88. The molecule has 0 unspecified atom stereocenters. The molecule has 3 heterocycles. The average molecular weight is 432 g/mol. The number of aryl methyl sites for hydroxylation is 1. The number of rotatable bonds is 2. The largest absolute Gasteiger partial charge is 0.368 e. The molecule has 0 spiro atoms. The Morgan fingerprint density at radius 1 is 1.00 bits per heavy atom. The number of imidazole rings is 1. The van der Waals surface area contributed by atoms with Crippen LogP contribution in [0.1, 0.15) is 0 Å². The van der Waals surface area contributed by atoms with Gasteiger partial charge in [0.15, 0.2) is 11.5 Å². The van der Waals surface area contributed by atoms with Crippen LogP contribution in [-0.4, -0.2) is 56.2 Å². The molecule has 1 aliphatic rings. The standard InChI is InChI=1S/C23H21FN6O2/c1-27-21-19(15-25-20(26-21)16-6-3-2-4-7-16)30(22(27)31)23(32)29-12-10-28(11-13-29)18-9-5-8-17(24)14-18/h2-9,14-15H,10-13H2,1H3. The smallest absolute Gasteiger partial charge is 0.338 e. The zero-order chi connectivity index (χ0) is 22.2. The van der Waals surface area contributed by atoms with E-state index in [4.69, 9.17) is 0 Å². The van der Waals surface area contributed by atoms with Gasteiger partial charge in [-0.2, -0.15) is 0 Å². The number of carbonyl (C=O) groups excluding carboxylic acids is 1. The molecule has 4 aromatic rings. The number of benzene rings is 2. The highest BCUT2D eigenvalue weighted by atomic mass is 19.1. The second-order valence-corrected chi connectivity index (χ2v) is 7.68.